The van der Waals surface area contributed by atoms with Crippen molar-refractivity contribution in [3.05, 3.63) is 69.7 Å². The fourth-order valence-electron chi connectivity index (χ4n) is 3.02. The van der Waals surface area contributed by atoms with E-state index in [9.17, 15) is 4.79 Å². The number of benzene rings is 2. The van der Waals surface area contributed by atoms with Gasteiger partial charge in [-0.1, -0.05) is 41.9 Å². The van der Waals surface area contributed by atoms with Gasteiger partial charge < -0.3 is 4.90 Å². The zero-order valence-corrected chi connectivity index (χ0v) is 12.1. The lowest BCUT2D eigenvalue weighted by molar-refractivity contribution is -0.118. The van der Waals surface area contributed by atoms with Crippen LogP contribution in [-0.2, 0) is 17.6 Å². The second-order valence-corrected chi connectivity index (χ2v) is 5.65. The number of fused-ring (bicyclic) bond motifs is 2. The van der Waals surface area contributed by atoms with Gasteiger partial charge in [0, 0.05) is 12.1 Å². The molecule has 0 radical (unpaired) electrons. The molecule has 1 amide bonds. The van der Waals surface area contributed by atoms with Gasteiger partial charge in [0.1, 0.15) is 0 Å². The van der Waals surface area contributed by atoms with Crippen LogP contribution in [0.4, 0.5) is 0 Å². The van der Waals surface area contributed by atoms with Gasteiger partial charge in [0.25, 0.3) is 0 Å². The molecule has 0 aromatic heterocycles. The number of hydrogen-bond donors (Lipinski definition) is 0. The van der Waals surface area contributed by atoms with E-state index in [4.69, 9.17) is 11.6 Å². The van der Waals surface area contributed by atoms with Crippen molar-refractivity contribution in [2.75, 3.05) is 7.05 Å². The van der Waals surface area contributed by atoms with Crippen LogP contribution in [-0.4, -0.2) is 18.4 Å². The molecule has 2 nitrogen and oxygen atoms in total. The molecule has 0 aliphatic heterocycles. The molecule has 0 heterocycles. The number of rotatable bonds is 2. The Kier molecular flexibility index (Phi) is 3.49. The number of halogens is 1. The average Bonchev–Trinajstić information content (AvgIpc) is 2.63. The van der Waals surface area contributed by atoms with E-state index in [1.165, 1.54) is 22.3 Å². The third kappa shape index (κ3) is 2.20. The van der Waals surface area contributed by atoms with Crippen LogP contribution in [0.2, 0.25) is 5.02 Å². The molecule has 0 saturated heterocycles. The first-order chi connectivity index (χ1) is 9.70. The summed E-state index contributed by atoms with van der Waals surface area (Å²) in [7, 11) is 1.83. The van der Waals surface area contributed by atoms with Gasteiger partial charge in [0.2, 0.25) is 6.41 Å². The van der Waals surface area contributed by atoms with E-state index in [0.29, 0.717) is 0 Å². The first-order valence-corrected chi connectivity index (χ1v) is 7.12. The third-order valence-electron chi connectivity index (χ3n) is 3.99. The van der Waals surface area contributed by atoms with Crippen molar-refractivity contribution in [2.45, 2.75) is 18.9 Å². The van der Waals surface area contributed by atoms with Crippen LogP contribution < -0.4 is 0 Å². The molecule has 3 heteroatoms. The maximum atomic E-state index is 11.3. The minimum absolute atomic E-state index is 0.0292. The number of hydrogen-bond acceptors (Lipinski definition) is 1. The predicted molar refractivity (Wildman–Crippen MR) is 81.0 cm³/mol. The quantitative estimate of drug-likeness (QED) is 0.772. The summed E-state index contributed by atoms with van der Waals surface area (Å²) < 4.78 is 0. The van der Waals surface area contributed by atoms with Gasteiger partial charge >= 0.3 is 0 Å². The van der Waals surface area contributed by atoms with E-state index in [-0.39, 0.29) is 6.04 Å². The zero-order chi connectivity index (χ0) is 14.1. The summed E-state index contributed by atoms with van der Waals surface area (Å²) in [5, 5.41) is 0.752. The van der Waals surface area contributed by atoms with Crippen molar-refractivity contribution in [1.29, 1.82) is 0 Å². The summed E-state index contributed by atoms with van der Waals surface area (Å²) in [5.41, 5.74) is 4.92. The highest BCUT2D eigenvalue weighted by molar-refractivity contribution is 6.30. The molecule has 0 N–H and O–H groups in total. The Balaban J connectivity index is 2.22. The van der Waals surface area contributed by atoms with Crippen molar-refractivity contribution in [3.63, 3.8) is 0 Å². The van der Waals surface area contributed by atoms with Crippen LogP contribution in [0.5, 0.6) is 0 Å². The van der Waals surface area contributed by atoms with E-state index in [1.54, 1.807) is 4.90 Å². The topological polar surface area (TPSA) is 20.3 Å². The summed E-state index contributed by atoms with van der Waals surface area (Å²) in [6, 6.07) is 14.3. The van der Waals surface area contributed by atoms with E-state index < -0.39 is 0 Å². The summed E-state index contributed by atoms with van der Waals surface area (Å²) in [5.74, 6) is 0. The van der Waals surface area contributed by atoms with Gasteiger partial charge in [-0.15, -0.1) is 0 Å². The number of amides is 1. The minimum atomic E-state index is -0.0292. The molecular formula is C17H16ClNO. The molecule has 2 aromatic carbocycles. The van der Waals surface area contributed by atoms with Crippen molar-refractivity contribution in [1.82, 2.24) is 4.90 Å². The second kappa shape index (κ2) is 5.29. The Labute approximate surface area is 124 Å². The molecule has 102 valence electrons. The molecule has 2 aromatic rings. The molecular weight excluding hydrogens is 270 g/mol. The monoisotopic (exact) mass is 285 g/mol. The fourth-order valence-corrected chi connectivity index (χ4v) is 3.22. The lowest BCUT2D eigenvalue weighted by atomic mass is 9.94. The molecule has 1 unspecified atom stereocenters. The Morgan fingerprint density at radius 2 is 1.80 bits per heavy atom. The van der Waals surface area contributed by atoms with E-state index in [0.717, 1.165) is 24.3 Å². The lowest BCUT2D eigenvalue weighted by Crippen LogP contribution is -2.24. The zero-order valence-electron chi connectivity index (χ0n) is 11.3. The van der Waals surface area contributed by atoms with E-state index in [2.05, 4.69) is 18.2 Å². The maximum Gasteiger partial charge on any atom is 0.210 e. The van der Waals surface area contributed by atoms with E-state index in [1.807, 2.05) is 31.3 Å². The Bertz CT molecular complexity index is 653. The molecule has 0 saturated carbocycles. The normalized spacial score (nSPS) is 16.8. The van der Waals surface area contributed by atoms with Gasteiger partial charge in [-0.2, -0.15) is 0 Å². The summed E-state index contributed by atoms with van der Waals surface area (Å²) in [6.45, 7) is 0. The van der Waals surface area contributed by atoms with Crippen LogP contribution in [0.15, 0.2) is 42.5 Å². The molecule has 0 fully saturated rings. The largest absolute Gasteiger partial charge is 0.337 e. The summed E-state index contributed by atoms with van der Waals surface area (Å²) >= 11 is 6.12. The van der Waals surface area contributed by atoms with Gasteiger partial charge in [-0.25, -0.2) is 0 Å². The molecule has 3 rings (SSSR count). The molecule has 0 bridgehead atoms. The SMILES string of the molecule is CN(C=O)C1c2ccccc2CCc2cc(Cl)ccc21. The van der Waals surface area contributed by atoms with Crippen LogP contribution in [0.25, 0.3) is 0 Å². The maximum absolute atomic E-state index is 11.3. The van der Waals surface area contributed by atoms with Crippen LogP contribution in [0.3, 0.4) is 0 Å². The second-order valence-electron chi connectivity index (χ2n) is 5.22. The van der Waals surface area contributed by atoms with Crippen LogP contribution >= 0.6 is 11.6 Å². The van der Waals surface area contributed by atoms with Crippen LogP contribution in [0.1, 0.15) is 28.3 Å². The first kappa shape index (κ1) is 13.2. The van der Waals surface area contributed by atoms with Crippen molar-refractivity contribution in [2.24, 2.45) is 0 Å². The van der Waals surface area contributed by atoms with Crippen molar-refractivity contribution >= 4 is 18.0 Å². The summed E-state index contributed by atoms with van der Waals surface area (Å²) in [6.07, 6.45) is 2.83. The van der Waals surface area contributed by atoms with Gasteiger partial charge in [-0.05, 0) is 47.2 Å². The Hall–Kier alpha value is -1.80. The predicted octanol–water partition coefficient (Wildman–Crippen LogP) is 3.62. The van der Waals surface area contributed by atoms with Gasteiger partial charge in [0.05, 0.1) is 6.04 Å². The van der Waals surface area contributed by atoms with E-state index >= 15 is 0 Å². The number of carbonyl (C=O) groups is 1. The van der Waals surface area contributed by atoms with Gasteiger partial charge in [0.15, 0.2) is 0 Å². The highest BCUT2D eigenvalue weighted by Gasteiger charge is 2.26. The van der Waals surface area contributed by atoms with Gasteiger partial charge in [-0.3, -0.25) is 4.79 Å². The molecule has 20 heavy (non-hydrogen) atoms. The highest BCUT2D eigenvalue weighted by atomic mass is 35.5. The number of carbonyl (C=O) groups excluding carboxylic acids is 1. The van der Waals surface area contributed by atoms with Crippen molar-refractivity contribution in [3.8, 4) is 0 Å². The smallest absolute Gasteiger partial charge is 0.210 e. The van der Waals surface area contributed by atoms with Crippen LogP contribution in [0, 0.1) is 0 Å². The minimum Gasteiger partial charge on any atom is -0.337 e. The Morgan fingerprint density at radius 1 is 1.10 bits per heavy atom. The standard InChI is InChI=1S/C17H16ClNO/c1-19(11-20)17-15-5-3-2-4-12(15)6-7-13-10-14(18)8-9-16(13)17/h2-5,8-11,17H,6-7H2,1H3. The molecule has 1 aliphatic carbocycles. The first-order valence-electron chi connectivity index (χ1n) is 6.74. The lowest BCUT2D eigenvalue weighted by Gasteiger charge is -2.27. The third-order valence-corrected chi connectivity index (χ3v) is 4.22. The van der Waals surface area contributed by atoms with Crippen molar-refractivity contribution < 1.29 is 4.79 Å². The number of nitrogens with zero attached hydrogens (tertiary/aromatic N) is 1. The molecule has 1 aliphatic rings. The summed E-state index contributed by atoms with van der Waals surface area (Å²) in [4.78, 5) is 13.0. The highest BCUT2D eigenvalue weighted by Crippen LogP contribution is 2.36. The number of aryl methyl sites for hydroxylation is 2. The Morgan fingerprint density at radius 3 is 2.60 bits per heavy atom. The molecule has 1 atom stereocenters. The average molecular weight is 286 g/mol. The fraction of sp³-hybridized carbons (Fsp3) is 0.235. The molecule has 0 spiro atoms.